The SMILES string of the molecule is Cn1cc(-c2cccc(CN3CCC4(CC3)COc3c4cc(F)c4c3CN(C3CCC(=O)NC3=O)C4=O)c2)cn1. The Hall–Kier alpha value is -4.05. The van der Waals surface area contributed by atoms with Crippen LogP contribution in [-0.2, 0) is 35.1 Å². The summed E-state index contributed by atoms with van der Waals surface area (Å²) in [6.07, 6.45) is 5.92. The van der Waals surface area contributed by atoms with Crippen molar-refractivity contribution in [3.63, 3.8) is 0 Å². The maximum atomic E-state index is 15.5. The average Bonchev–Trinajstić information content (AvgIpc) is 3.62. The van der Waals surface area contributed by atoms with Crippen LogP contribution in [0.4, 0.5) is 4.39 Å². The third kappa shape index (κ3) is 4.00. The Morgan fingerprint density at radius 2 is 1.98 bits per heavy atom. The first-order valence-electron chi connectivity index (χ1n) is 13.7. The van der Waals surface area contributed by atoms with Crippen LogP contribution in [0.5, 0.6) is 5.75 Å². The molecule has 1 atom stereocenters. The molecule has 0 saturated carbocycles. The maximum Gasteiger partial charge on any atom is 0.258 e. The van der Waals surface area contributed by atoms with Gasteiger partial charge in [0.2, 0.25) is 11.8 Å². The molecule has 0 radical (unpaired) electrons. The minimum Gasteiger partial charge on any atom is -0.492 e. The second-order valence-electron chi connectivity index (χ2n) is 11.4. The van der Waals surface area contributed by atoms with Gasteiger partial charge < -0.3 is 9.64 Å². The van der Waals surface area contributed by atoms with Crippen molar-refractivity contribution in [3.8, 4) is 16.9 Å². The fourth-order valence-electron chi connectivity index (χ4n) is 6.76. The lowest BCUT2D eigenvalue weighted by Crippen LogP contribution is -2.52. The first-order valence-corrected chi connectivity index (χ1v) is 13.7. The number of carbonyl (C=O) groups excluding carboxylic acids is 3. The van der Waals surface area contributed by atoms with Crippen LogP contribution in [0.1, 0.15) is 52.7 Å². The van der Waals surface area contributed by atoms with Crippen molar-refractivity contribution in [3.05, 3.63) is 70.8 Å². The molecule has 10 heteroatoms. The van der Waals surface area contributed by atoms with Crippen LogP contribution in [0.15, 0.2) is 42.7 Å². The Labute approximate surface area is 230 Å². The van der Waals surface area contributed by atoms with Crippen LogP contribution in [0.25, 0.3) is 11.1 Å². The van der Waals surface area contributed by atoms with Crippen molar-refractivity contribution in [1.29, 1.82) is 0 Å². The Bertz CT molecular complexity index is 1560. The highest BCUT2D eigenvalue weighted by Gasteiger charge is 2.49. The summed E-state index contributed by atoms with van der Waals surface area (Å²) in [5.41, 5.74) is 4.51. The molecule has 1 aromatic heterocycles. The zero-order valence-electron chi connectivity index (χ0n) is 22.3. The van der Waals surface area contributed by atoms with E-state index in [1.165, 1.54) is 16.5 Å². The number of hydrogen-bond acceptors (Lipinski definition) is 6. The molecular weight excluding hydrogens is 513 g/mol. The zero-order chi connectivity index (χ0) is 27.6. The van der Waals surface area contributed by atoms with E-state index in [2.05, 4.69) is 39.6 Å². The van der Waals surface area contributed by atoms with Crippen LogP contribution in [0.3, 0.4) is 0 Å². The summed E-state index contributed by atoms with van der Waals surface area (Å²) in [5.74, 6) is -1.34. The predicted molar refractivity (Wildman–Crippen MR) is 143 cm³/mol. The summed E-state index contributed by atoms with van der Waals surface area (Å²) in [7, 11) is 1.91. The van der Waals surface area contributed by atoms with E-state index >= 15 is 4.39 Å². The Morgan fingerprint density at radius 3 is 2.73 bits per heavy atom. The van der Waals surface area contributed by atoms with Gasteiger partial charge in [-0.1, -0.05) is 18.2 Å². The van der Waals surface area contributed by atoms with Gasteiger partial charge in [-0.05, 0) is 55.6 Å². The third-order valence-corrected chi connectivity index (χ3v) is 8.97. The number of likely N-dealkylation sites (tertiary alicyclic amines) is 1. The molecule has 7 rings (SSSR count). The Morgan fingerprint density at radius 1 is 1.15 bits per heavy atom. The lowest BCUT2D eigenvalue weighted by molar-refractivity contribution is -0.136. The molecule has 3 aromatic rings. The summed E-state index contributed by atoms with van der Waals surface area (Å²) >= 11 is 0. The first-order chi connectivity index (χ1) is 19.3. The summed E-state index contributed by atoms with van der Waals surface area (Å²) in [5, 5.41) is 6.58. The highest BCUT2D eigenvalue weighted by atomic mass is 19.1. The van der Waals surface area contributed by atoms with Gasteiger partial charge in [-0.2, -0.15) is 5.10 Å². The summed E-state index contributed by atoms with van der Waals surface area (Å²) < 4.78 is 23.5. The largest absolute Gasteiger partial charge is 0.492 e. The molecule has 3 amide bonds. The van der Waals surface area contributed by atoms with Gasteiger partial charge in [0, 0.05) is 48.3 Å². The second-order valence-corrected chi connectivity index (χ2v) is 11.4. The van der Waals surface area contributed by atoms with Gasteiger partial charge in [0.05, 0.1) is 24.9 Å². The summed E-state index contributed by atoms with van der Waals surface area (Å²) in [6.45, 7) is 3.08. The van der Waals surface area contributed by atoms with E-state index in [1.54, 1.807) is 4.68 Å². The number of rotatable bonds is 4. The highest BCUT2D eigenvalue weighted by molar-refractivity contribution is 6.06. The lowest BCUT2D eigenvalue weighted by atomic mass is 9.73. The van der Waals surface area contributed by atoms with E-state index in [0.717, 1.165) is 49.2 Å². The van der Waals surface area contributed by atoms with Crippen molar-refractivity contribution in [1.82, 2.24) is 24.9 Å². The monoisotopic (exact) mass is 543 g/mol. The molecule has 4 aliphatic heterocycles. The summed E-state index contributed by atoms with van der Waals surface area (Å²) in [4.78, 5) is 41.0. The van der Waals surface area contributed by atoms with Gasteiger partial charge in [-0.15, -0.1) is 0 Å². The van der Waals surface area contributed by atoms with Gasteiger partial charge in [-0.25, -0.2) is 4.39 Å². The van der Waals surface area contributed by atoms with Gasteiger partial charge in [0.15, 0.2) is 0 Å². The molecule has 206 valence electrons. The Kier molecular flexibility index (Phi) is 5.78. The molecular formula is C30H30FN5O4. The van der Waals surface area contributed by atoms with E-state index in [1.807, 2.05) is 19.4 Å². The number of nitrogens with one attached hydrogen (secondary N) is 1. The molecule has 40 heavy (non-hydrogen) atoms. The number of aromatic nitrogens is 2. The van der Waals surface area contributed by atoms with Crippen molar-refractivity contribution in [2.24, 2.45) is 7.05 Å². The molecule has 5 heterocycles. The molecule has 4 aliphatic rings. The number of benzene rings is 2. The predicted octanol–water partition coefficient (Wildman–Crippen LogP) is 2.91. The van der Waals surface area contributed by atoms with Crippen LogP contribution in [-0.4, -0.2) is 63.0 Å². The van der Waals surface area contributed by atoms with Gasteiger partial charge in [0.25, 0.3) is 5.91 Å². The van der Waals surface area contributed by atoms with Crippen LogP contribution < -0.4 is 10.1 Å². The minimum atomic E-state index is -0.789. The highest BCUT2D eigenvalue weighted by Crippen LogP contribution is 2.50. The molecule has 0 bridgehead atoms. The second kappa shape index (κ2) is 9.26. The number of carbonyl (C=O) groups is 3. The van der Waals surface area contributed by atoms with Crippen molar-refractivity contribution in [2.45, 2.75) is 50.2 Å². The number of nitrogens with zero attached hydrogens (tertiary/aromatic N) is 4. The van der Waals surface area contributed by atoms with Crippen molar-refractivity contribution >= 4 is 17.7 Å². The van der Waals surface area contributed by atoms with Crippen LogP contribution in [0, 0.1) is 5.82 Å². The molecule has 9 nitrogen and oxygen atoms in total. The standard InChI is InChI=1S/C30H30FN5O4/c1-34-15-20(13-32-34)19-4-2-3-18(11-19)14-35-9-7-30(8-10-35)17-40-27-21-16-36(24-5-6-25(37)33-28(24)38)29(39)26(21)23(31)12-22(27)30/h2-4,11-13,15,24H,5-10,14,16-17H2,1H3,(H,33,37,38). The van der Waals surface area contributed by atoms with Crippen molar-refractivity contribution < 1.29 is 23.5 Å². The molecule has 2 aromatic carbocycles. The van der Waals surface area contributed by atoms with Crippen molar-refractivity contribution in [2.75, 3.05) is 19.7 Å². The number of imide groups is 1. The average molecular weight is 544 g/mol. The zero-order valence-corrected chi connectivity index (χ0v) is 22.3. The van der Waals surface area contributed by atoms with Gasteiger partial charge in [-0.3, -0.25) is 29.3 Å². The number of piperidine rings is 2. The fraction of sp³-hybridized carbons (Fsp3) is 0.400. The molecule has 2 saturated heterocycles. The van der Waals surface area contributed by atoms with E-state index in [9.17, 15) is 14.4 Å². The number of fused-ring (bicyclic) bond motifs is 4. The summed E-state index contributed by atoms with van der Waals surface area (Å²) in [6, 6.07) is 9.22. The number of halogens is 1. The topological polar surface area (TPSA) is 96.8 Å². The molecule has 0 aliphatic carbocycles. The van der Waals surface area contributed by atoms with E-state index in [0.29, 0.717) is 17.9 Å². The molecule has 1 N–H and O–H groups in total. The number of hydrogen-bond donors (Lipinski definition) is 1. The third-order valence-electron chi connectivity index (χ3n) is 8.97. The molecule has 2 fully saturated rings. The smallest absolute Gasteiger partial charge is 0.258 e. The number of ether oxygens (including phenoxy) is 1. The Balaban J connectivity index is 1.08. The molecule has 1 unspecified atom stereocenters. The minimum absolute atomic E-state index is 0.00793. The van der Waals surface area contributed by atoms with Crippen LogP contribution >= 0.6 is 0 Å². The quantitative estimate of drug-likeness (QED) is 0.509. The first kappa shape index (κ1) is 25.0. The maximum absolute atomic E-state index is 15.5. The molecule has 1 spiro atoms. The van der Waals surface area contributed by atoms with E-state index in [-0.39, 0.29) is 36.3 Å². The lowest BCUT2D eigenvalue weighted by Gasteiger charge is -2.38. The normalized spacial score (nSPS) is 21.9. The van der Waals surface area contributed by atoms with Crippen LogP contribution in [0.2, 0.25) is 0 Å². The number of aryl methyl sites for hydroxylation is 1. The van der Waals surface area contributed by atoms with Gasteiger partial charge >= 0.3 is 0 Å². The fourth-order valence-corrected chi connectivity index (χ4v) is 6.76. The number of amides is 3. The van der Waals surface area contributed by atoms with E-state index < -0.39 is 23.7 Å². The van der Waals surface area contributed by atoms with E-state index in [4.69, 9.17) is 4.74 Å². The van der Waals surface area contributed by atoms with Gasteiger partial charge in [0.1, 0.15) is 17.6 Å².